The molecule has 0 aliphatic carbocycles. The van der Waals surface area contributed by atoms with Gasteiger partial charge in [-0.25, -0.2) is 4.79 Å². The lowest BCUT2D eigenvalue weighted by Gasteiger charge is -2.29. The summed E-state index contributed by atoms with van der Waals surface area (Å²) in [4.78, 5) is 86.9. The number of carboxylic acid groups (broad SMARTS) is 2. The van der Waals surface area contributed by atoms with Crippen molar-refractivity contribution in [3.8, 4) is 0 Å². The first kappa shape index (κ1) is 37.9. The van der Waals surface area contributed by atoms with Crippen molar-refractivity contribution >= 4 is 54.2 Å². The molecule has 4 amide bonds. The maximum absolute atomic E-state index is 13.4. The van der Waals surface area contributed by atoms with Crippen LogP contribution in [-0.4, -0.2) is 81.7 Å². The molecule has 5 atom stereocenters. The fourth-order valence-electron chi connectivity index (χ4n) is 3.97. The van der Waals surface area contributed by atoms with Crippen LogP contribution in [0.5, 0.6) is 0 Å². The lowest BCUT2D eigenvalue weighted by atomic mass is 9.96. The Labute approximate surface area is 261 Å². The van der Waals surface area contributed by atoms with Crippen molar-refractivity contribution in [2.24, 2.45) is 11.8 Å². The standard InChI is InChI=1S/C29H42N4O10S/c1-5-17(4)25(28(41)31-20(13-23(37)38)21(34)15-44)32-26(39)19(11-12-22(35)36)30-27(40)24(16(2)3)33-29(42)43-14-18-9-7-6-8-10-18/h6-10,16-17,19-20,24-25,44H,5,11-15H2,1-4H3,(H,30,40)(H,31,41)(H,32,39)(H,33,42)(H,35,36)(H,37,38)/t17-,19-,20-,24-,25-/m0/s1. The van der Waals surface area contributed by atoms with E-state index in [1.807, 2.05) is 0 Å². The van der Waals surface area contributed by atoms with Gasteiger partial charge in [-0.1, -0.05) is 64.4 Å². The quantitative estimate of drug-likeness (QED) is 0.108. The molecule has 14 nitrogen and oxygen atoms in total. The van der Waals surface area contributed by atoms with E-state index in [0.29, 0.717) is 6.42 Å². The number of amides is 4. The second-order valence-electron chi connectivity index (χ2n) is 10.6. The number of aliphatic carboxylic acids is 2. The number of carboxylic acids is 2. The number of hydrogen-bond acceptors (Lipinski definition) is 9. The molecule has 1 aromatic carbocycles. The first-order chi connectivity index (χ1) is 20.7. The van der Waals surface area contributed by atoms with Gasteiger partial charge in [0.25, 0.3) is 0 Å². The van der Waals surface area contributed by atoms with E-state index in [2.05, 4.69) is 33.9 Å². The zero-order valence-corrected chi connectivity index (χ0v) is 26.1. The van der Waals surface area contributed by atoms with Crippen molar-refractivity contribution in [1.29, 1.82) is 0 Å². The van der Waals surface area contributed by atoms with Crippen LogP contribution < -0.4 is 21.3 Å². The van der Waals surface area contributed by atoms with Gasteiger partial charge in [-0.15, -0.1) is 0 Å². The van der Waals surface area contributed by atoms with Gasteiger partial charge in [-0.05, 0) is 23.8 Å². The molecule has 15 heteroatoms. The first-order valence-corrected chi connectivity index (χ1v) is 14.8. The van der Waals surface area contributed by atoms with E-state index in [1.54, 1.807) is 58.0 Å². The fourth-order valence-corrected chi connectivity index (χ4v) is 4.19. The van der Waals surface area contributed by atoms with Gasteiger partial charge in [-0.2, -0.15) is 12.6 Å². The molecule has 0 saturated carbocycles. The lowest BCUT2D eigenvalue weighted by Crippen LogP contribution is -2.59. The second-order valence-corrected chi connectivity index (χ2v) is 10.9. The Morgan fingerprint density at radius 1 is 0.795 bits per heavy atom. The monoisotopic (exact) mass is 638 g/mol. The molecule has 6 N–H and O–H groups in total. The van der Waals surface area contributed by atoms with Gasteiger partial charge in [0.15, 0.2) is 5.78 Å². The minimum atomic E-state index is -1.42. The van der Waals surface area contributed by atoms with Crippen molar-refractivity contribution < 1.29 is 48.5 Å². The van der Waals surface area contributed by atoms with Gasteiger partial charge in [0.2, 0.25) is 17.7 Å². The number of hydrogen-bond donors (Lipinski definition) is 7. The number of ether oxygens (including phenoxy) is 1. The van der Waals surface area contributed by atoms with Gasteiger partial charge >= 0.3 is 18.0 Å². The average molecular weight is 639 g/mol. The summed E-state index contributed by atoms with van der Waals surface area (Å²) in [6.45, 7) is 6.63. The molecule has 0 unspecified atom stereocenters. The highest BCUT2D eigenvalue weighted by atomic mass is 32.1. The van der Waals surface area contributed by atoms with Crippen LogP contribution in [0.2, 0.25) is 0 Å². The third-order valence-electron chi connectivity index (χ3n) is 6.75. The van der Waals surface area contributed by atoms with Crippen LogP contribution in [0.4, 0.5) is 4.79 Å². The maximum Gasteiger partial charge on any atom is 0.408 e. The van der Waals surface area contributed by atoms with Crippen molar-refractivity contribution in [3.63, 3.8) is 0 Å². The van der Waals surface area contributed by atoms with E-state index in [4.69, 9.17) is 9.84 Å². The summed E-state index contributed by atoms with van der Waals surface area (Å²) in [5, 5.41) is 28.2. The summed E-state index contributed by atoms with van der Waals surface area (Å²) >= 11 is 3.86. The summed E-state index contributed by atoms with van der Waals surface area (Å²) in [5.41, 5.74) is 0.725. The van der Waals surface area contributed by atoms with E-state index in [-0.39, 0.29) is 18.8 Å². The largest absolute Gasteiger partial charge is 0.481 e. The highest BCUT2D eigenvalue weighted by Gasteiger charge is 2.34. The molecule has 0 aliphatic heterocycles. The third-order valence-corrected chi connectivity index (χ3v) is 7.06. The molecule has 0 radical (unpaired) electrons. The highest BCUT2D eigenvalue weighted by molar-refractivity contribution is 7.81. The first-order valence-electron chi connectivity index (χ1n) is 14.1. The van der Waals surface area contributed by atoms with Gasteiger partial charge in [0.05, 0.1) is 18.2 Å². The second kappa shape index (κ2) is 19.2. The number of benzene rings is 1. The summed E-state index contributed by atoms with van der Waals surface area (Å²) in [5.74, 6) is -7.00. The molecular weight excluding hydrogens is 596 g/mol. The number of alkyl carbamates (subject to hydrolysis) is 1. The Morgan fingerprint density at radius 2 is 1.39 bits per heavy atom. The van der Waals surface area contributed by atoms with Crippen LogP contribution in [0.1, 0.15) is 58.9 Å². The minimum Gasteiger partial charge on any atom is -0.481 e. The number of Topliss-reactive ketones (excluding diaryl/α,β-unsaturated/α-hetero) is 1. The van der Waals surface area contributed by atoms with Crippen LogP contribution in [0.25, 0.3) is 0 Å². The van der Waals surface area contributed by atoms with E-state index in [0.717, 1.165) is 5.56 Å². The summed E-state index contributed by atoms with van der Waals surface area (Å²) < 4.78 is 5.19. The van der Waals surface area contributed by atoms with Crippen LogP contribution in [0.15, 0.2) is 30.3 Å². The van der Waals surface area contributed by atoms with Gasteiger partial charge in [-0.3, -0.25) is 28.8 Å². The Hall–Kier alpha value is -4.14. The Kier molecular flexibility index (Phi) is 16.5. The van der Waals surface area contributed by atoms with E-state index >= 15 is 0 Å². The maximum atomic E-state index is 13.4. The van der Waals surface area contributed by atoms with Crippen LogP contribution in [-0.2, 0) is 40.1 Å². The number of carbonyl (C=O) groups is 7. The Balaban J connectivity index is 3.10. The predicted molar refractivity (Wildman–Crippen MR) is 162 cm³/mol. The topological polar surface area (TPSA) is 217 Å². The molecular formula is C29H42N4O10S. The molecule has 244 valence electrons. The van der Waals surface area contributed by atoms with Crippen molar-refractivity contribution in [2.45, 2.75) is 84.2 Å². The van der Waals surface area contributed by atoms with Crippen molar-refractivity contribution in [1.82, 2.24) is 21.3 Å². The van der Waals surface area contributed by atoms with E-state index in [9.17, 15) is 38.7 Å². The molecule has 0 spiro atoms. The molecule has 0 bridgehead atoms. The van der Waals surface area contributed by atoms with Gasteiger partial charge < -0.3 is 36.2 Å². The molecule has 1 aromatic rings. The zero-order chi connectivity index (χ0) is 33.4. The number of rotatable bonds is 19. The molecule has 0 heterocycles. The molecule has 44 heavy (non-hydrogen) atoms. The highest BCUT2D eigenvalue weighted by Crippen LogP contribution is 2.12. The lowest BCUT2D eigenvalue weighted by molar-refractivity contribution is -0.141. The van der Waals surface area contributed by atoms with Gasteiger partial charge in [0.1, 0.15) is 24.7 Å². The van der Waals surface area contributed by atoms with E-state index < -0.39 is 90.4 Å². The number of nitrogens with one attached hydrogen (secondary N) is 4. The van der Waals surface area contributed by atoms with Crippen LogP contribution >= 0.6 is 12.6 Å². The normalized spacial score (nSPS) is 14.2. The van der Waals surface area contributed by atoms with E-state index in [1.165, 1.54) is 0 Å². The number of thiol groups is 1. The summed E-state index contributed by atoms with van der Waals surface area (Å²) in [7, 11) is 0. The molecule has 0 fully saturated rings. The third kappa shape index (κ3) is 13.4. The molecule has 0 aromatic heterocycles. The predicted octanol–water partition coefficient (Wildman–Crippen LogP) is 1.28. The zero-order valence-electron chi connectivity index (χ0n) is 25.2. The number of ketones is 1. The minimum absolute atomic E-state index is 0.0469. The Morgan fingerprint density at radius 3 is 1.91 bits per heavy atom. The van der Waals surface area contributed by atoms with Crippen molar-refractivity contribution in [2.75, 3.05) is 5.75 Å². The summed E-state index contributed by atoms with van der Waals surface area (Å²) in [6, 6.07) is 3.63. The van der Waals surface area contributed by atoms with Crippen LogP contribution in [0.3, 0.4) is 0 Å². The Bertz CT molecular complexity index is 1160. The number of carbonyl (C=O) groups excluding carboxylic acids is 5. The molecule has 0 aliphatic rings. The smallest absolute Gasteiger partial charge is 0.408 e. The van der Waals surface area contributed by atoms with Crippen molar-refractivity contribution in [3.05, 3.63) is 35.9 Å². The average Bonchev–Trinajstić information content (AvgIpc) is 2.98. The van der Waals surface area contributed by atoms with Gasteiger partial charge in [0, 0.05) is 6.42 Å². The fraction of sp³-hybridized carbons (Fsp3) is 0.552. The molecule has 0 saturated heterocycles. The summed E-state index contributed by atoms with van der Waals surface area (Å²) in [6.07, 6.45) is -2.03. The molecule has 1 rings (SSSR count). The SMILES string of the molecule is CC[C@H](C)[C@H](NC(=O)[C@H](CCC(=O)O)NC(=O)[C@@H](NC(=O)OCc1ccccc1)C(C)C)C(=O)N[C@@H](CC(=O)O)C(=O)CS. The van der Waals surface area contributed by atoms with Crippen LogP contribution in [0, 0.1) is 11.8 Å².